The van der Waals surface area contributed by atoms with Gasteiger partial charge in [-0.25, -0.2) is 0 Å². The number of halogens is 1. The first-order valence-electron chi connectivity index (χ1n) is 5.86. The summed E-state index contributed by atoms with van der Waals surface area (Å²) in [5.74, 6) is 1.22. The minimum absolute atomic E-state index is 0.374. The quantitative estimate of drug-likeness (QED) is 0.849. The highest BCUT2D eigenvalue weighted by molar-refractivity contribution is 9.10. The van der Waals surface area contributed by atoms with Crippen LogP contribution in [0.5, 0.6) is 0 Å². The Morgan fingerprint density at radius 2 is 2.24 bits per heavy atom. The Morgan fingerprint density at radius 1 is 1.47 bits per heavy atom. The van der Waals surface area contributed by atoms with E-state index in [4.69, 9.17) is 5.73 Å². The third kappa shape index (κ3) is 3.63. The minimum atomic E-state index is 0.374. The van der Waals surface area contributed by atoms with Gasteiger partial charge >= 0.3 is 0 Å². The Labute approximate surface area is 116 Å². The number of benzene rings is 1. The van der Waals surface area contributed by atoms with Crippen LogP contribution in [0.25, 0.3) is 0 Å². The molecule has 1 aliphatic rings. The van der Waals surface area contributed by atoms with E-state index in [1.165, 1.54) is 17.9 Å². The number of thioether (sulfide) groups is 1. The molecule has 0 saturated carbocycles. The van der Waals surface area contributed by atoms with Gasteiger partial charge in [0.1, 0.15) is 0 Å². The highest BCUT2D eigenvalue weighted by atomic mass is 79.9. The first kappa shape index (κ1) is 13.2. The van der Waals surface area contributed by atoms with Gasteiger partial charge in [-0.2, -0.15) is 11.8 Å². The molecule has 2 N–H and O–H groups in total. The summed E-state index contributed by atoms with van der Waals surface area (Å²) in [4.78, 5) is 2.51. The molecule has 1 aromatic carbocycles. The third-order valence-electron chi connectivity index (χ3n) is 2.97. The smallest absolute Gasteiger partial charge is 0.0461 e. The Kier molecular flexibility index (Phi) is 4.06. The lowest BCUT2D eigenvalue weighted by atomic mass is 10.1. The van der Waals surface area contributed by atoms with Gasteiger partial charge in [0.05, 0.1) is 0 Å². The zero-order valence-electron chi connectivity index (χ0n) is 10.4. The number of nitrogens with zero attached hydrogens (tertiary/aromatic N) is 1. The third-order valence-corrected chi connectivity index (χ3v) is 4.99. The van der Waals surface area contributed by atoms with Crippen LogP contribution in [-0.4, -0.2) is 28.5 Å². The van der Waals surface area contributed by atoms with Crippen LogP contribution in [0.2, 0.25) is 0 Å². The first-order chi connectivity index (χ1) is 7.96. The van der Waals surface area contributed by atoms with E-state index in [9.17, 15) is 0 Å². The van der Waals surface area contributed by atoms with Crippen molar-refractivity contribution in [3.63, 3.8) is 0 Å². The second kappa shape index (κ2) is 5.21. The molecule has 94 valence electrons. The average Bonchev–Trinajstić information content (AvgIpc) is 2.22. The summed E-state index contributed by atoms with van der Waals surface area (Å²) in [5, 5.41) is 0. The molecule has 0 atom stereocenters. The Hall–Kier alpha value is -0.190. The predicted molar refractivity (Wildman–Crippen MR) is 80.4 cm³/mol. The lowest BCUT2D eigenvalue weighted by molar-refractivity contribution is 0.252. The minimum Gasteiger partial charge on any atom is -0.398 e. The number of hydrogen-bond acceptors (Lipinski definition) is 3. The van der Waals surface area contributed by atoms with Gasteiger partial charge in [-0.15, -0.1) is 0 Å². The molecule has 0 aromatic heterocycles. The highest BCUT2D eigenvalue weighted by Crippen LogP contribution is 2.30. The molecule has 0 radical (unpaired) electrons. The summed E-state index contributed by atoms with van der Waals surface area (Å²) in [6.07, 6.45) is 0. The molecule has 1 aliphatic heterocycles. The van der Waals surface area contributed by atoms with Gasteiger partial charge in [0.15, 0.2) is 0 Å². The zero-order chi connectivity index (χ0) is 12.5. The topological polar surface area (TPSA) is 29.3 Å². The molecule has 2 nitrogen and oxygen atoms in total. The van der Waals surface area contributed by atoms with E-state index < -0.39 is 0 Å². The van der Waals surface area contributed by atoms with Crippen LogP contribution in [-0.2, 0) is 6.54 Å². The maximum absolute atomic E-state index is 5.91. The van der Waals surface area contributed by atoms with Gasteiger partial charge in [0.2, 0.25) is 0 Å². The van der Waals surface area contributed by atoms with Gasteiger partial charge in [0.25, 0.3) is 0 Å². The summed E-state index contributed by atoms with van der Waals surface area (Å²) in [5.41, 5.74) is 8.04. The van der Waals surface area contributed by atoms with Crippen molar-refractivity contribution in [1.29, 1.82) is 0 Å². The monoisotopic (exact) mass is 314 g/mol. The van der Waals surface area contributed by atoms with E-state index in [-0.39, 0.29) is 0 Å². The lowest BCUT2D eigenvalue weighted by Gasteiger charge is -2.37. The normalized spacial score (nSPS) is 20.4. The molecule has 2 rings (SSSR count). The lowest BCUT2D eigenvalue weighted by Crippen LogP contribution is -2.42. The number of nitrogen functional groups attached to an aromatic ring is 1. The van der Waals surface area contributed by atoms with Gasteiger partial charge in [-0.1, -0.05) is 6.07 Å². The van der Waals surface area contributed by atoms with Crippen molar-refractivity contribution >= 4 is 33.4 Å². The molecule has 17 heavy (non-hydrogen) atoms. The Bertz CT molecular complexity index is 406. The van der Waals surface area contributed by atoms with Gasteiger partial charge in [-0.3, -0.25) is 4.90 Å². The molecule has 1 fully saturated rings. The maximum atomic E-state index is 5.91. The molecule has 1 aromatic rings. The fourth-order valence-electron chi connectivity index (χ4n) is 2.20. The van der Waals surface area contributed by atoms with Crippen molar-refractivity contribution in [3.05, 3.63) is 28.2 Å². The molecule has 0 aliphatic carbocycles. The van der Waals surface area contributed by atoms with Crippen molar-refractivity contribution in [3.8, 4) is 0 Å². The maximum Gasteiger partial charge on any atom is 0.0461 e. The molecule has 0 unspecified atom stereocenters. The predicted octanol–water partition coefficient (Wildman–Crippen LogP) is 3.36. The summed E-state index contributed by atoms with van der Waals surface area (Å²) in [7, 11) is 0. The van der Waals surface area contributed by atoms with Crippen molar-refractivity contribution in [2.45, 2.75) is 25.1 Å². The molecule has 1 heterocycles. The molecule has 0 amide bonds. The number of nitrogens with two attached hydrogens (primary N) is 1. The van der Waals surface area contributed by atoms with Crippen LogP contribution >= 0.6 is 27.7 Å². The van der Waals surface area contributed by atoms with Crippen molar-refractivity contribution in [2.24, 2.45) is 0 Å². The molecule has 4 heteroatoms. The first-order valence-corrected chi connectivity index (χ1v) is 7.64. The highest BCUT2D eigenvalue weighted by Gasteiger charge is 2.26. The van der Waals surface area contributed by atoms with Gasteiger partial charge in [0, 0.05) is 40.3 Å². The van der Waals surface area contributed by atoms with E-state index in [1.807, 2.05) is 6.07 Å². The van der Waals surface area contributed by atoms with Crippen LogP contribution in [0.15, 0.2) is 22.7 Å². The molecular weight excluding hydrogens is 296 g/mol. The molecule has 1 saturated heterocycles. The van der Waals surface area contributed by atoms with E-state index in [2.05, 4.69) is 58.6 Å². The molecule has 0 spiro atoms. The average molecular weight is 315 g/mol. The van der Waals surface area contributed by atoms with Crippen LogP contribution in [0.3, 0.4) is 0 Å². The van der Waals surface area contributed by atoms with Crippen LogP contribution in [0.4, 0.5) is 5.69 Å². The number of rotatable bonds is 2. The molecule has 0 bridgehead atoms. The summed E-state index contributed by atoms with van der Waals surface area (Å²) < 4.78 is 1.36. The Morgan fingerprint density at radius 3 is 2.88 bits per heavy atom. The second-order valence-electron chi connectivity index (χ2n) is 5.17. The second-order valence-corrected chi connectivity index (χ2v) is 7.83. The fourth-order valence-corrected chi connectivity index (χ4v) is 3.62. The van der Waals surface area contributed by atoms with E-state index >= 15 is 0 Å². The number of anilines is 1. The van der Waals surface area contributed by atoms with Crippen molar-refractivity contribution < 1.29 is 0 Å². The van der Waals surface area contributed by atoms with Crippen LogP contribution in [0, 0.1) is 0 Å². The van der Waals surface area contributed by atoms with Gasteiger partial charge in [-0.05, 0) is 47.5 Å². The summed E-state index contributed by atoms with van der Waals surface area (Å²) >= 11 is 5.50. The van der Waals surface area contributed by atoms with Crippen LogP contribution in [0.1, 0.15) is 19.4 Å². The van der Waals surface area contributed by atoms with Crippen LogP contribution < -0.4 is 5.73 Å². The van der Waals surface area contributed by atoms with E-state index in [1.54, 1.807) is 0 Å². The Balaban J connectivity index is 2.03. The van der Waals surface area contributed by atoms with E-state index in [0.717, 1.165) is 23.2 Å². The standard InChI is InChI=1S/C13H19BrN2S/c1-13(2)9-16(5-6-17-13)8-10-3-4-11(14)12(15)7-10/h3-4,7H,5-6,8-9,15H2,1-2H3. The molecular formula is C13H19BrN2S. The summed E-state index contributed by atoms with van der Waals surface area (Å²) in [6.45, 7) is 7.96. The largest absolute Gasteiger partial charge is 0.398 e. The van der Waals surface area contributed by atoms with Crippen molar-refractivity contribution in [2.75, 3.05) is 24.6 Å². The van der Waals surface area contributed by atoms with Gasteiger partial charge < -0.3 is 5.73 Å². The fraction of sp³-hybridized carbons (Fsp3) is 0.538. The van der Waals surface area contributed by atoms with Crippen molar-refractivity contribution in [1.82, 2.24) is 4.90 Å². The van der Waals surface area contributed by atoms with E-state index in [0.29, 0.717) is 4.75 Å². The number of hydrogen-bond donors (Lipinski definition) is 1. The summed E-state index contributed by atoms with van der Waals surface area (Å²) in [6, 6.07) is 6.25. The SMILES string of the molecule is CC1(C)CN(Cc2ccc(Br)c(N)c2)CCS1. The zero-order valence-corrected chi connectivity index (χ0v) is 12.8.